The standard InChI is InChI=1S/C13H22O2/c1-6-12(14)15-13(5)8-7-9(2)10(3)11(13)4/h6,9-11H,1,7-8H2,2-5H3. The Kier molecular flexibility index (Phi) is 3.58. The zero-order valence-corrected chi connectivity index (χ0v) is 10.2. The molecule has 0 bridgehead atoms. The molecular formula is C13H22O2. The first-order valence-electron chi connectivity index (χ1n) is 5.76. The zero-order chi connectivity index (χ0) is 11.6. The van der Waals surface area contributed by atoms with Crippen molar-refractivity contribution >= 4 is 5.97 Å². The second-order valence-electron chi connectivity index (χ2n) is 5.10. The molecule has 1 aliphatic carbocycles. The molecule has 0 spiro atoms. The lowest BCUT2D eigenvalue weighted by Gasteiger charge is -2.45. The first kappa shape index (κ1) is 12.3. The van der Waals surface area contributed by atoms with E-state index in [4.69, 9.17) is 4.74 Å². The second kappa shape index (κ2) is 4.38. The minimum Gasteiger partial charge on any atom is -0.456 e. The zero-order valence-electron chi connectivity index (χ0n) is 10.2. The Morgan fingerprint density at radius 3 is 2.60 bits per heavy atom. The van der Waals surface area contributed by atoms with Crippen molar-refractivity contribution in [2.24, 2.45) is 17.8 Å². The Hall–Kier alpha value is -0.790. The molecular weight excluding hydrogens is 188 g/mol. The number of carbonyl (C=O) groups excluding carboxylic acids is 1. The molecule has 0 aromatic heterocycles. The molecule has 15 heavy (non-hydrogen) atoms. The molecule has 1 saturated carbocycles. The molecule has 86 valence electrons. The van der Waals surface area contributed by atoms with Crippen LogP contribution in [-0.2, 0) is 9.53 Å². The molecule has 1 aliphatic rings. The Morgan fingerprint density at radius 1 is 1.47 bits per heavy atom. The lowest BCUT2D eigenvalue weighted by molar-refractivity contribution is -0.166. The van der Waals surface area contributed by atoms with Crippen molar-refractivity contribution in [3.8, 4) is 0 Å². The SMILES string of the molecule is C=CC(=O)OC1(C)CCC(C)C(C)C1C. The van der Waals surface area contributed by atoms with Gasteiger partial charge >= 0.3 is 5.97 Å². The average Bonchev–Trinajstić information content (AvgIpc) is 2.21. The van der Waals surface area contributed by atoms with Crippen LogP contribution in [0.2, 0.25) is 0 Å². The van der Waals surface area contributed by atoms with Crippen LogP contribution >= 0.6 is 0 Å². The van der Waals surface area contributed by atoms with Gasteiger partial charge in [0.25, 0.3) is 0 Å². The second-order valence-corrected chi connectivity index (χ2v) is 5.10. The highest BCUT2D eigenvalue weighted by molar-refractivity contribution is 5.81. The van der Waals surface area contributed by atoms with Crippen molar-refractivity contribution in [2.75, 3.05) is 0 Å². The fourth-order valence-corrected chi connectivity index (χ4v) is 2.47. The van der Waals surface area contributed by atoms with Crippen molar-refractivity contribution < 1.29 is 9.53 Å². The van der Waals surface area contributed by atoms with Gasteiger partial charge in [-0.15, -0.1) is 0 Å². The topological polar surface area (TPSA) is 26.3 Å². The van der Waals surface area contributed by atoms with E-state index in [0.717, 1.165) is 18.8 Å². The molecule has 4 unspecified atom stereocenters. The van der Waals surface area contributed by atoms with Gasteiger partial charge in [-0.1, -0.05) is 27.4 Å². The molecule has 2 heteroatoms. The van der Waals surface area contributed by atoms with Crippen LogP contribution < -0.4 is 0 Å². The summed E-state index contributed by atoms with van der Waals surface area (Å²) in [7, 11) is 0. The van der Waals surface area contributed by atoms with Crippen LogP contribution in [0.5, 0.6) is 0 Å². The number of rotatable bonds is 2. The molecule has 0 radical (unpaired) electrons. The quantitative estimate of drug-likeness (QED) is 0.517. The van der Waals surface area contributed by atoms with E-state index in [2.05, 4.69) is 27.4 Å². The van der Waals surface area contributed by atoms with E-state index in [-0.39, 0.29) is 11.6 Å². The Bertz CT molecular complexity index is 259. The predicted molar refractivity (Wildman–Crippen MR) is 61.4 cm³/mol. The van der Waals surface area contributed by atoms with E-state index < -0.39 is 0 Å². The van der Waals surface area contributed by atoms with E-state index in [1.807, 2.05) is 6.92 Å². The van der Waals surface area contributed by atoms with Gasteiger partial charge in [-0.2, -0.15) is 0 Å². The predicted octanol–water partition coefficient (Wildman–Crippen LogP) is 3.18. The van der Waals surface area contributed by atoms with E-state index >= 15 is 0 Å². The van der Waals surface area contributed by atoms with E-state index in [0.29, 0.717) is 11.8 Å². The van der Waals surface area contributed by atoms with Gasteiger partial charge in [0.05, 0.1) is 0 Å². The monoisotopic (exact) mass is 210 g/mol. The normalized spacial score (nSPS) is 40.9. The van der Waals surface area contributed by atoms with Crippen molar-refractivity contribution in [3.63, 3.8) is 0 Å². The van der Waals surface area contributed by atoms with Crippen LogP contribution in [0.15, 0.2) is 12.7 Å². The molecule has 0 heterocycles. The molecule has 0 aromatic carbocycles. The first-order chi connectivity index (χ1) is 6.90. The summed E-state index contributed by atoms with van der Waals surface area (Å²) in [5, 5.41) is 0. The summed E-state index contributed by atoms with van der Waals surface area (Å²) >= 11 is 0. The summed E-state index contributed by atoms with van der Waals surface area (Å²) < 4.78 is 5.50. The number of carbonyl (C=O) groups is 1. The van der Waals surface area contributed by atoms with Gasteiger partial charge in [-0.3, -0.25) is 0 Å². The summed E-state index contributed by atoms with van der Waals surface area (Å²) in [5.41, 5.74) is -0.308. The molecule has 0 aromatic rings. The lowest BCUT2D eigenvalue weighted by Crippen LogP contribution is -2.46. The van der Waals surface area contributed by atoms with Gasteiger partial charge in [0.15, 0.2) is 0 Å². The maximum absolute atomic E-state index is 11.3. The number of ether oxygens (including phenoxy) is 1. The molecule has 2 nitrogen and oxygen atoms in total. The summed E-state index contributed by atoms with van der Waals surface area (Å²) in [5.74, 6) is 1.42. The third-order valence-corrected chi connectivity index (χ3v) is 4.25. The summed E-state index contributed by atoms with van der Waals surface area (Å²) in [6, 6.07) is 0. The van der Waals surface area contributed by atoms with Crippen LogP contribution in [-0.4, -0.2) is 11.6 Å². The third-order valence-electron chi connectivity index (χ3n) is 4.25. The van der Waals surface area contributed by atoms with E-state index in [1.54, 1.807) is 0 Å². The van der Waals surface area contributed by atoms with Crippen LogP contribution in [0.3, 0.4) is 0 Å². The van der Waals surface area contributed by atoms with Crippen LogP contribution in [0, 0.1) is 17.8 Å². The molecule has 1 fully saturated rings. The minimum absolute atomic E-state index is 0.300. The van der Waals surface area contributed by atoms with Gasteiger partial charge in [-0.05, 0) is 37.5 Å². The van der Waals surface area contributed by atoms with Crippen molar-refractivity contribution in [2.45, 2.75) is 46.1 Å². The van der Waals surface area contributed by atoms with Crippen molar-refractivity contribution in [1.29, 1.82) is 0 Å². The Morgan fingerprint density at radius 2 is 2.07 bits per heavy atom. The summed E-state index contributed by atoms with van der Waals surface area (Å²) in [6.07, 6.45) is 3.34. The number of hydrogen-bond acceptors (Lipinski definition) is 2. The third kappa shape index (κ3) is 2.42. The fraction of sp³-hybridized carbons (Fsp3) is 0.769. The molecule has 0 N–H and O–H groups in total. The number of hydrogen-bond donors (Lipinski definition) is 0. The van der Waals surface area contributed by atoms with E-state index in [9.17, 15) is 4.79 Å². The summed E-state index contributed by atoms with van der Waals surface area (Å²) in [6.45, 7) is 12.2. The van der Waals surface area contributed by atoms with Gasteiger partial charge in [0.2, 0.25) is 0 Å². The molecule has 4 atom stereocenters. The highest BCUT2D eigenvalue weighted by atomic mass is 16.6. The van der Waals surface area contributed by atoms with Crippen LogP contribution in [0.4, 0.5) is 0 Å². The maximum Gasteiger partial charge on any atom is 0.330 e. The summed E-state index contributed by atoms with van der Waals surface area (Å²) in [4.78, 5) is 11.3. The largest absolute Gasteiger partial charge is 0.456 e. The average molecular weight is 210 g/mol. The van der Waals surface area contributed by atoms with Crippen LogP contribution in [0.1, 0.15) is 40.5 Å². The van der Waals surface area contributed by atoms with E-state index in [1.165, 1.54) is 6.08 Å². The smallest absolute Gasteiger partial charge is 0.330 e. The molecule has 0 aliphatic heterocycles. The van der Waals surface area contributed by atoms with Gasteiger partial charge in [0, 0.05) is 6.08 Å². The van der Waals surface area contributed by atoms with Gasteiger partial charge in [-0.25, -0.2) is 4.79 Å². The Labute approximate surface area is 92.7 Å². The van der Waals surface area contributed by atoms with Gasteiger partial charge in [0.1, 0.15) is 5.60 Å². The molecule has 0 saturated heterocycles. The Balaban J connectivity index is 2.75. The fourth-order valence-electron chi connectivity index (χ4n) is 2.47. The highest BCUT2D eigenvalue weighted by Crippen LogP contribution is 2.42. The molecule has 1 rings (SSSR count). The van der Waals surface area contributed by atoms with Crippen LogP contribution in [0.25, 0.3) is 0 Å². The van der Waals surface area contributed by atoms with Crippen molar-refractivity contribution in [3.05, 3.63) is 12.7 Å². The minimum atomic E-state index is -0.308. The van der Waals surface area contributed by atoms with Crippen molar-refractivity contribution in [1.82, 2.24) is 0 Å². The number of esters is 1. The first-order valence-corrected chi connectivity index (χ1v) is 5.76. The lowest BCUT2D eigenvalue weighted by atomic mass is 9.67. The molecule has 0 amide bonds. The maximum atomic E-state index is 11.3. The van der Waals surface area contributed by atoms with Gasteiger partial charge < -0.3 is 4.74 Å². The highest BCUT2D eigenvalue weighted by Gasteiger charge is 2.43.